The summed E-state index contributed by atoms with van der Waals surface area (Å²) in [6.07, 6.45) is 1.65. The van der Waals surface area contributed by atoms with Crippen molar-refractivity contribution in [3.8, 4) is 0 Å². The third-order valence-corrected chi connectivity index (χ3v) is 6.81. The van der Waals surface area contributed by atoms with Gasteiger partial charge in [-0.2, -0.15) is 0 Å². The number of carbonyl (C=O) groups is 2. The number of benzene rings is 3. The van der Waals surface area contributed by atoms with E-state index in [9.17, 15) is 14.7 Å². The lowest BCUT2D eigenvalue weighted by atomic mass is 9.75. The van der Waals surface area contributed by atoms with Crippen LogP contribution in [0, 0.1) is 5.92 Å². The molecule has 1 fully saturated rings. The highest BCUT2D eigenvalue weighted by Crippen LogP contribution is 2.38. The molecule has 3 aromatic carbocycles. The summed E-state index contributed by atoms with van der Waals surface area (Å²) in [6.45, 7) is 3.40. The number of primary amides is 2. The fourth-order valence-corrected chi connectivity index (χ4v) is 4.80. The van der Waals surface area contributed by atoms with Crippen LogP contribution >= 0.6 is 0 Å². The molecule has 2 atom stereocenters. The molecule has 0 aliphatic carbocycles. The van der Waals surface area contributed by atoms with E-state index in [-0.39, 0.29) is 11.8 Å². The number of aliphatic hydroxyl groups is 1. The number of rotatable bonds is 8. The summed E-state index contributed by atoms with van der Waals surface area (Å²) >= 11 is 0. The molecule has 2 amide bonds. The van der Waals surface area contributed by atoms with Gasteiger partial charge in [0.05, 0.1) is 5.60 Å². The molecule has 7 nitrogen and oxygen atoms in total. The molecule has 0 aromatic heterocycles. The molecule has 2 unspecified atom stereocenters. The van der Waals surface area contributed by atoms with E-state index in [2.05, 4.69) is 34.1 Å². The first-order chi connectivity index (χ1) is 17.7. The Balaban J connectivity index is 0.000000356. The van der Waals surface area contributed by atoms with E-state index < -0.39 is 11.5 Å². The van der Waals surface area contributed by atoms with Crippen molar-refractivity contribution in [1.29, 1.82) is 0 Å². The molecule has 0 spiro atoms. The van der Waals surface area contributed by atoms with Crippen LogP contribution in [0.25, 0.3) is 0 Å². The summed E-state index contributed by atoms with van der Waals surface area (Å²) in [5.41, 5.74) is 12.6. The van der Waals surface area contributed by atoms with Gasteiger partial charge in [0, 0.05) is 43.2 Å². The zero-order valence-corrected chi connectivity index (χ0v) is 21.7. The Morgan fingerprint density at radius 3 is 2.08 bits per heavy atom. The van der Waals surface area contributed by atoms with Crippen molar-refractivity contribution < 1.29 is 14.7 Å². The lowest BCUT2D eigenvalue weighted by Crippen LogP contribution is -2.53. The second-order valence-corrected chi connectivity index (χ2v) is 9.84. The summed E-state index contributed by atoms with van der Waals surface area (Å²) in [4.78, 5) is 26.6. The van der Waals surface area contributed by atoms with E-state index >= 15 is 0 Å². The molecule has 0 radical (unpaired) electrons. The molecule has 1 aliphatic heterocycles. The zero-order chi connectivity index (χ0) is 26.8. The first-order valence-corrected chi connectivity index (χ1v) is 12.6. The van der Waals surface area contributed by atoms with Gasteiger partial charge in [-0.05, 0) is 62.3 Å². The average molecular weight is 503 g/mol. The molecular formula is C30H38N4O3. The first kappa shape index (κ1) is 28.1. The number of piperidine rings is 1. The quantitative estimate of drug-likeness (QED) is 0.438. The Kier molecular flexibility index (Phi) is 9.97. The first-order valence-electron chi connectivity index (χ1n) is 12.6. The standard InChI is InChI=1S/C23H31N3O2.C7H7NO/c1-25(2)16-21-17-26(13-11-18-7-4-3-5-8-18)14-12-23(21,28)20-10-6-9-19(15-20)22(24)27;8-7(9)6-4-2-1-3-5-6/h3-10,15,21,28H,11-14,16-17H2,1-2H3,(H2,24,27);1-5H,(H2,8,9). The van der Waals surface area contributed by atoms with E-state index in [4.69, 9.17) is 11.5 Å². The highest BCUT2D eigenvalue weighted by molar-refractivity contribution is 5.93. The maximum atomic E-state index is 11.7. The van der Waals surface area contributed by atoms with E-state index in [1.807, 2.05) is 38.4 Å². The maximum Gasteiger partial charge on any atom is 0.248 e. The van der Waals surface area contributed by atoms with Gasteiger partial charge < -0.3 is 26.4 Å². The molecule has 1 aliphatic rings. The van der Waals surface area contributed by atoms with Crippen LogP contribution in [-0.2, 0) is 12.0 Å². The molecule has 37 heavy (non-hydrogen) atoms. The van der Waals surface area contributed by atoms with Crippen LogP contribution < -0.4 is 11.5 Å². The fourth-order valence-electron chi connectivity index (χ4n) is 4.80. The van der Waals surface area contributed by atoms with Gasteiger partial charge in [-0.1, -0.05) is 60.7 Å². The minimum absolute atomic E-state index is 0.0511. The SMILES string of the molecule is CN(C)CC1CN(CCc2ccccc2)CCC1(O)c1cccc(C(N)=O)c1.NC(=O)c1ccccc1. The van der Waals surface area contributed by atoms with Gasteiger partial charge in [-0.15, -0.1) is 0 Å². The minimum atomic E-state index is -0.959. The summed E-state index contributed by atoms with van der Waals surface area (Å²) in [5, 5.41) is 11.7. The molecule has 4 rings (SSSR count). The third kappa shape index (κ3) is 7.98. The summed E-state index contributed by atoms with van der Waals surface area (Å²) in [5.74, 6) is -0.791. The smallest absolute Gasteiger partial charge is 0.248 e. The molecule has 0 saturated carbocycles. The summed E-state index contributed by atoms with van der Waals surface area (Å²) < 4.78 is 0. The summed E-state index contributed by atoms with van der Waals surface area (Å²) in [6, 6.07) is 26.4. The van der Waals surface area contributed by atoms with Crippen molar-refractivity contribution in [3.05, 3.63) is 107 Å². The van der Waals surface area contributed by atoms with Gasteiger partial charge in [0.25, 0.3) is 0 Å². The molecule has 196 valence electrons. The van der Waals surface area contributed by atoms with Crippen molar-refractivity contribution in [2.45, 2.75) is 18.4 Å². The summed E-state index contributed by atoms with van der Waals surface area (Å²) in [7, 11) is 4.06. The van der Waals surface area contributed by atoms with Crippen LogP contribution in [0.3, 0.4) is 0 Å². The number of nitrogens with two attached hydrogens (primary N) is 2. The van der Waals surface area contributed by atoms with Crippen molar-refractivity contribution in [2.75, 3.05) is 40.3 Å². The van der Waals surface area contributed by atoms with Crippen LogP contribution in [0.5, 0.6) is 0 Å². The molecule has 3 aromatic rings. The van der Waals surface area contributed by atoms with Gasteiger partial charge in [0.15, 0.2) is 0 Å². The highest BCUT2D eigenvalue weighted by Gasteiger charge is 2.43. The molecule has 0 bridgehead atoms. The Morgan fingerprint density at radius 2 is 1.51 bits per heavy atom. The second-order valence-electron chi connectivity index (χ2n) is 9.84. The topological polar surface area (TPSA) is 113 Å². The molecular weight excluding hydrogens is 464 g/mol. The number of likely N-dealkylation sites (tertiary alicyclic amines) is 1. The molecule has 5 N–H and O–H groups in total. The van der Waals surface area contributed by atoms with Crippen LogP contribution in [0.2, 0.25) is 0 Å². The van der Waals surface area contributed by atoms with Crippen molar-refractivity contribution in [1.82, 2.24) is 9.80 Å². The van der Waals surface area contributed by atoms with E-state index in [0.29, 0.717) is 17.5 Å². The Bertz CT molecular complexity index is 1150. The number of hydrogen-bond acceptors (Lipinski definition) is 5. The monoisotopic (exact) mass is 502 g/mol. The fraction of sp³-hybridized carbons (Fsp3) is 0.333. The average Bonchev–Trinajstić information content (AvgIpc) is 2.90. The van der Waals surface area contributed by atoms with Gasteiger partial charge in [-0.25, -0.2) is 0 Å². The predicted molar refractivity (Wildman–Crippen MR) is 147 cm³/mol. The highest BCUT2D eigenvalue weighted by atomic mass is 16.3. The lowest BCUT2D eigenvalue weighted by molar-refractivity contribution is -0.0843. The predicted octanol–water partition coefficient (Wildman–Crippen LogP) is 2.88. The Hall–Kier alpha value is -3.52. The van der Waals surface area contributed by atoms with Crippen molar-refractivity contribution in [3.63, 3.8) is 0 Å². The molecule has 7 heteroatoms. The van der Waals surface area contributed by atoms with Crippen LogP contribution in [0.1, 0.15) is 38.3 Å². The maximum absolute atomic E-state index is 11.7. The number of amides is 2. The van der Waals surface area contributed by atoms with Crippen molar-refractivity contribution in [2.24, 2.45) is 17.4 Å². The number of carbonyl (C=O) groups excluding carboxylic acids is 2. The van der Waals surface area contributed by atoms with E-state index in [0.717, 1.165) is 38.2 Å². The van der Waals surface area contributed by atoms with Crippen LogP contribution in [0.4, 0.5) is 0 Å². The third-order valence-electron chi connectivity index (χ3n) is 6.81. The van der Waals surface area contributed by atoms with Gasteiger partial charge in [0.2, 0.25) is 11.8 Å². The normalized spacial score (nSPS) is 19.6. The largest absolute Gasteiger partial charge is 0.385 e. The molecule has 1 heterocycles. The van der Waals surface area contributed by atoms with Gasteiger partial charge >= 0.3 is 0 Å². The van der Waals surface area contributed by atoms with Crippen molar-refractivity contribution >= 4 is 11.8 Å². The van der Waals surface area contributed by atoms with Gasteiger partial charge in [0.1, 0.15) is 0 Å². The van der Waals surface area contributed by atoms with E-state index in [1.165, 1.54) is 5.56 Å². The van der Waals surface area contributed by atoms with Gasteiger partial charge in [-0.3, -0.25) is 9.59 Å². The zero-order valence-electron chi connectivity index (χ0n) is 21.7. The number of hydrogen-bond donors (Lipinski definition) is 3. The second kappa shape index (κ2) is 13.1. The Labute approximate surface area is 219 Å². The number of nitrogens with zero attached hydrogens (tertiary/aromatic N) is 2. The lowest BCUT2D eigenvalue weighted by Gasteiger charge is -2.46. The van der Waals surface area contributed by atoms with Crippen LogP contribution in [0.15, 0.2) is 84.9 Å². The Morgan fingerprint density at radius 1 is 0.919 bits per heavy atom. The minimum Gasteiger partial charge on any atom is -0.385 e. The van der Waals surface area contributed by atoms with E-state index in [1.54, 1.807) is 36.4 Å². The van der Waals surface area contributed by atoms with Crippen LogP contribution in [-0.4, -0.2) is 67.0 Å². The molecule has 1 saturated heterocycles.